The van der Waals surface area contributed by atoms with Crippen LogP contribution in [0.1, 0.15) is 34.3 Å². The Kier molecular flexibility index (Phi) is 4.58. The second-order valence-electron chi connectivity index (χ2n) is 6.58. The van der Waals surface area contributed by atoms with E-state index in [1.807, 2.05) is 31.2 Å². The van der Waals surface area contributed by atoms with Gasteiger partial charge in [-0.1, -0.05) is 5.16 Å². The van der Waals surface area contributed by atoms with E-state index in [1.54, 1.807) is 25.1 Å². The highest BCUT2D eigenvalue weighted by molar-refractivity contribution is 5.95. The van der Waals surface area contributed by atoms with Crippen molar-refractivity contribution >= 4 is 17.3 Å². The van der Waals surface area contributed by atoms with Crippen LogP contribution < -0.4 is 4.90 Å². The topological polar surface area (TPSA) is 79.4 Å². The van der Waals surface area contributed by atoms with Gasteiger partial charge in [-0.05, 0) is 56.3 Å². The molecule has 3 aromatic rings. The molecular weight excluding hydrogens is 354 g/mol. The fourth-order valence-corrected chi connectivity index (χ4v) is 3.56. The van der Waals surface area contributed by atoms with Gasteiger partial charge in [0.1, 0.15) is 5.76 Å². The van der Waals surface area contributed by atoms with Gasteiger partial charge < -0.3 is 14.2 Å². The Labute approximate surface area is 162 Å². The summed E-state index contributed by atoms with van der Waals surface area (Å²) in [6.07, 6.45) is 0.680. The molecule has 2 aromatic carbocycles. The van der Waals surface area contributed by atoms with Crippen molar-refractivity contribution in [2.75, 3.05) is 18.1 Å². The van der Waals surface area contributed by atoms with E-state index >= 15 is 0 Å². The normalized spacial score (nSPS) is 12.5. The van der Waals surface area contributed by atoms with E-state index in [-0.39, 0.29) is 5.97 Å². The molecule has 0 atom stereocenters. The van der Waals surface area contributed by atoms with Gasteiger partial charge in [-0.3, -0.25) is 0 Å². The summed E-state index contributed by atoms with van der Waals surface area (Å²) < 4.78 is 10.7. The van der Waals surface area contributed by atoms with Crippen LogP contribution in [0, 0.1) is 18.3 Å². The van der Waals surface area contributed by atoms with Gasteiger partial charge in [0, 0.05) is 35.5 Å². The molecule has 0 unspecified atom stereocenters. The Morgan fingerprint density at radius 3 is 2.79 bits per heavy atom. The lowest BCUT2D eigenvalue weighted by molar-refractivity contribution is 0.0526. The van der Waals surface area contributed by atoms with Gasteiger partial charge in [0.05, 0.1) is 29.5 Å². The van der Waals surface area contributed by atoms with Crippen molar-refractivity contribution in [3.63, 3.8) is 0 Å². The highest BCUT2D eigenvalue weighted by Crippen LogP contribution is 2.42. The van der Waals surface area contributed by atoms with Crippen molar-refractivity contribution in [3.05, 3.63) is 65.0 Å². The Morgan fingerprint density at radius 2 is 2.07 bits per heavy atom. The Bertz CT molecular complexity index is 1080. The number of aryl methyl sites for hydroxylation is 1. The number of esters is 1. The van der Waals surface area contributed by atoms with Crippen LogP contribution in [0.25, 0.3) is 11.1 Å². The van der Waals surface area contributed by atoms with Crippen LogP contribution in [0.15, 0.2) is 47.0 Å². The maximum atomic E-state index is 12.3. The molecule has 4 rings (SSSR count). The van der Waals surface area contributed by atoms with Crippen LogP contribution >= 0.6 is 0 Å². The lowest BCUT2D eigenvalue weighted by atomic mass is 9.99. The predicted octanol–water partition coefficient (Wildman–Crippen LogP) is 4.39. The maximum absolute atomic E-state index is 12.3. The predicted molar refractivity (Wildman–Crippen MR) is 104 cm³/mol. The van der Waals surface area contributed by atoms with Crippen LogP contribution in [0.4, 0.5) is 11.4 Å². The number of carbonyl (C=O) groups excluding carboxylic acids is 1. The van der Waals surface area contributed by atoms with E-state index in [4.69, 9.17) is 14.5 Å². The van der Waals surface area contributed by atoms with Crippen molar-refractivity contribution in [1.82, 2.24) is 5.16 Å². The van der Waals surface area contributed by atoms with Crippen molar-refractivity contribution in [1.29, 1.82) is 5.26 Å². The van der Waals surface area contributed by atoms with Gasteiger partial charge >= 0.3 is 5.97 Å². The number of nitriles is 1. The Hall–Kier alpha value is -3.59. The first-order valence-electron chi connectivity index (χ1n) is 9.16. The fourth-order valence-electron chi connectivity index (χ4n) is 3.56. The third-order valence-corrected chi connectivity index (χ3v) is 4.87. The summed E-state index contributed by atoms with van der Waals surface area (Å²) in [4.78, 5) is 14.4. The Balaban J connectivity index is 1.87. The molecule has 0 saturated carbocycles. The van der Waals surface area contributed by atoms with E-state index in [9.17, 15) is 4.79 Å². The molecule has 0 N–H and O–H groups in total. The molecule has 0 amide bonds. The zero-order valence-electron chi connectivity index (χ0n) is 15.7. The Morgan fingerprint density at radius 1 is 1.29 bits per heavy atom. The molecule has 6 nitrogen and oxygen atoms in total. The molecule has 1 aromatic heterocycles. The molecule has 2 heterocycles. The number of ether oxygens (including phenoxy) is 1. The standard InChI is InChI=1S/C22H19N3O3/c1-3-27-22(26)16-6-9-19-18(12-16)21-14(2)24-28-20(21)10-11-25(19)17-7-4-15(13-23)5-8-17/h4-9,12H,3,10-11H2,1-2H3. The van der Waals surface area contributed by atoms with Crippen molar-refractivity contribution in [3.8, 4) is 17.2 Å². The summed E-state index contributed by atoms with van der Waals surface area (Å²) in [5.74, 6) is 0.450. The van der Waals surface area contributed by atoms with Crippen molar-refractivity contribution in [2.24, 2.45) is 0 Å². The second kappa shape index (κ2) is 7.20. The number of fused-ring (bicyclic) bond motifs is 3. The lowest BCUT2D eigenvalue weighted by Gasteiger charge is -2.25. The minimum atomic E-state index is -0.352. The minimum Gasteiger partial charge on any atom is -0.462 e. The first-order chi connectivity index (χ1) is 13.6. The van der Waals surface area contributed by atoms with Gasteiger partial charge in [0.15, 0.2) is 0 Å². The molecule has 0 spiro atoms. The summed E-state index contributed by atoms with van der Waals surface area (Å²) in [6.45, 7) is 4.71. The number of rotatable bonds is 3. The number of carbonyl (C=O) groups is 1. The van der Waals surface area contributed by atoms with Crippen LogP contribution in [-0.2, 0) is 11.2 Å². The van der Waals surface area contributed by atoms with E-state index < -0.39 is 0 Å². The average Bonchev–Trinajstić information content (AvgIpc) is 3.00. The second-order valence-corrected chi connectivity index (χ2v) is 6.58. The van der Waals surface area contributed by atoms with Gasteiger partial charge in [0.2, 0.25) is 0 Å². The van der Waals surface area contributed by atoms with Crippen LogP contribution in [0.5, 0.6) is 0 Å². The summed E-state index contributed by atoms with van der Waals surface area (Å²) >= 11 is 0. The lowest BCUT2D eigenvalue weighted by Crippen LogP contribution is -2.19. The molecular formula is C22H19N3O3. The number of benzene rings is 2. The van der Waals surface area contributed by atoms with Gasteiger partial charge in [-0.25, -0.2) is 4.79 Å². The molecule has 6 heteroatoms. The monoisotopic (exact) mass is 373 g/mol. The maximum Gasteiger partial charge on any atom is 0.338 e. The number of hydrogen-bond donors (Lipinski definition) is 0. The number of aromatic nitrogens is 1. The van der Waals surface area contributed by atoms with Gasteiger partial charge in [-0.2, -0.15) is 5.26 Å². The smallest absolute Gasteiger partial charge is 0.338 e. The van der Waals surface area contributed by atoms with Gasteiger partial charge in [-0.15, -0.1) is 0 Å². The number of hydrogen-bond acceptors (Lipinski definition) is 6. The zero-order valence-corrected chi connectivity index (χ0v) is 15.7. The number of nitrogens with zero attached hydrogens (tertiary/aromatic N) is 3. The van der Waals surface area contributed by atoms with Crippen LogP contribution in [0.3, 0.4) is 0 Å². The third kappa shape index (κ3) is 3.01. The van der Waals surface area contributed by atoms with E-state index in [0.717, 1.165) is 34.0 Å². The van der Waals surface area contributed by atoms with Crippen molar-refractivity contribution in [2.45, 2.75) is 20.3 Å². The minimum absolute atomic E-state index is 0.324. The molecule has 28 heavy (non-hydrogen) atoms. The van der Waals surface area contributed by atoms with Gasteiger partial charge in [0.25, 0.3) is 0 Å². The molecule has 0 fully saturated rings. The first-order valence-corrected chi connectivity index (χ1v) is 9.16. The summed E-state index contributed by atoms with van der Waals surface area (Å²) in [7, 11) is 0. The molecule has 0 radical (unpaired) electrons. The van der Waals surface area contributed by atoms with E-state index in [2.05, 4.69) is 16.1 Å². The summed E-state index contributed by atoms with van der Waals surface area (Å²) in [5.41, 5.74) is 5.65. The highest BCUT2D eigenvalue weighted by Gasteiger charge is 2.27. The van der Waals surface area contributed by atoms with E-state index in [0.29, 0.717) is 30.7 Å². The largest absolute Gasteiger partial charge is 0.462 e. The molecule has 1 aliphatic heterocycles. The average molecular weight is 373 g/mol. The number of anilines is 2. The summed E-state index contributed by atoms with van der Waals surface area (Å²) in [5, 5.41) is 13.2. The quantitative estimate of drug-likeness (QED) is 0.634. The fraction of sp³-hybridized carbons (Fsp3) is 0.227. The molecule has 140 valence electrons. The SMILES string of the molecule is CCOC(=O)c1ccc2c(c1)-c1c(C)noc1CCN2c1ccc(C#N)cc1. The van der Waals surface area contributed by atoms with Crippen LogP contribution in [-0.4, -0.2) is 24.3 Å². The molecule has 0 saturated heterocycles. The van der Waals surface area contributed by atoms with Crippen molar-refractivity contribution < 1.29 is 14.1 Å². The third-order valence-electron chi connectivity index (χ3n) is 4.87. The molecule has 1 aliphatic rings. The first kappa shape index (κ1) is 17.8. The van der Waals surface area contributed by atoms with Crippen LogP contribution in [0.2, 0.25) is 0 Å². The molecule has 0 aliphatic carbocycles. The zero-order chi connectivity index (χ0) is 19.7. The van der Waals surface area contributed by atoms with E-state index in [1.165, 1.54) is 0 Å². The summed E-state index contributed by atoms with van der Waals surface area (Å²) in [6, 6.07) is 15.2. The highest BCUT2D eigenvalue weighted by atomic mass is 16.5. The molecule has 0 bridgehead atoms.